The molecule has 0 bridgehead atoms. The van der Waals surface area contributed by atoms with E-state index in [4.69, 9.17) is 15.4 Å². The predicted molar refractivity (Wildman–Crippen MR) is 72.9 cm³/mol. The van der Waals surface area contributed by atoms with Crippen molar-refractivity contribution in [1.82, 2.24) is 4.31 Å². The van der Waals surface area contributed by atoms with Crippen molar-refractivity contribution in [2.75, 3.05) is 12.8 Å². The fourth-order valence-electron chi connectivity index (χ4n) is 1.75. The van der Waals surface area contributed by atoms with E-state index >= 15 is 0 Å². The molecule has 2 aromatic rings. The number of benzene rings is 1. The molecular formula is C13H13N3O3S. The van der Waals surface area contributed by atoms with E-state index in [1.165, 1.54) is 42.1 Å². The number of nitrogen functional groups attached to an aromatic ring is 1. The van der Waals surface area contributed by atoms with Gasteiger partial charge in [0.05, 0.1) is 29.8 Å². The molecular weight excluding hydrogens is 278 g/mol. The summed E-state index contributed by atoms with van der Waals surface area (Å²) in [5.41, 5.74) is 6.83. The molecule has 0 radical (unpaired) electrons. The van der Waals surface area contributed by atoms with Crippen LogP contribution in [0, 0.1) is 11.3 Å². The normalized spacial score (nSPS) is 11.4. The van der Waals surface area contributed by atoms with Crippen LogP contribution in [-0.4, -0.2) is 19.8 Å². The third-order valence-corrected chi connectivity index (χ3v) is 4.69. The summed E-state index contributed by atoms with van der Waals surface area (Å²) < 4.78 is 30.9. The summed E-state index contributed by atoms with van der Waals surface area (Å²) in [6.45, 7) is 0.179. The van der Waals surface area contributed by atoms with E-state index in [-0.39, 0.29) is 17.1 Å². The molecule has 2 N–H and O–H groups in total. The molecule has 0 saturated carbocycles. The van der Waals surface area contributed by atoms with Gasteiger partial charge >= 0.3 is 0 Å². The minimum atomic E-state index is -3.71. The smallest absolute Gasteiger partial charge is 0.245 e. The molecule has 1 aromatic carbocycles. The maximum Gasteiger partial charge on any atom is 0.245 e. The lowest BCUT2D eigenvalue weighted by atomic mass is 10.2. The summed E-state index contributed by atoms with van der Waals surface area (Å²) in [6.07, 6.45) is 2.96. The fourth-order valence-corrected chi connectivity index (χ4v) is 3.00. The van der Waals surface area contributed by atoms with Crippen molar-refractivity contribution in [2.45, 2.75) is 11.4 Å². The van der Waals surface area contributed by atoms with Gasteiger partial charge in [-0.1, -0.05) is 0 Å². The van der Waals surface area contributed by atoms with Gasteiger partial charge in [0.15, 0.2) is 0 Å². The minimum Gasteiger partial charge on any atom is -0.472 e. The highest BCUT2D eigenvalue weighted by Gasteiger charge is 2.23. The second-order valence-electron chi connectivity index (χ2n) is 4.26. The first-order chi connectivity index (χ1) is 9.45. The Balaban J connectivity index is 2.33. The van der Waals surface area contributed by atoms with Crippen LogP contribution in [0.1, 0.15) is 11.1 Å². The zero-order chi connectivity index (χ0) is 14.8. The first-order valence-corrected chi connectivity index (χ1v) is 7.16. The topological polar surface area (TPSA) is 100 Å². The van der Waals surface area contributed by atoms with Crippen LogP contribution in [-0.2, 0) is 16.6 Å². The molecule has 0 aliphatic rings. The van der Waals surface area contributed by atoms with Gasteiger partial charge in [0.2, 0.25) is 10.0 Å². The number of hydrogen-bond donors (Lipinski definition) is 1. The maximum atomic E-state index is 12.4. The monoisotopic (exact) mass is 291 g/mol. The quantitative estimate of drug-likeness (QED) is 0.861. The molecule has 0 saturated heterocycles. The van der Waals surface area contributed by atoms with Crippen molar-refractivity contribution in [3.05, 3.63) is 47.9 Å². The van der Waals surface area contributed by atoms with E-state index in [9.17, 15) is 8.42 Å². The van der Waals surface area contributed by atoms with E-state index in [0.717, 1.165) is 5.56 Å². The van der Waals surface area contributed by atoms with Gasteiger partial charge in [-0.3, -0.25) is 0 Å². The van der Waals surface area contributed by atoms with E-state index in [1.54, 1.807) is 6.07 Å². The van der Waals surface area contributed by atoms with Crippen molar-refractivity contribution in [3.63, 3.8) is 0 Å². The number of rotatable bonds is 4. The van der Waals surface area contributed by atoms with Crippen LogP contribution in [0.4, 0.5) is 5.69 Å². The molecule has 0 aliphatic carbocycles. The Bertz CT molecular complexity index is 746. The van der Waals surface area contributed by atoms with Crippen molar-refractivity contribution in [1.29, 1.82) is 5.26 Å². The minimum absolute atomic E-state index is 0.0116. The lowest BCUT2D eigenvalue weighted by molar-refractivity contribution is 0.463. The van der Waals surface area contributed by atoms with Crippen LogP contribution in [0.2, 0.25) is 0 Å². The van der Waals surface area contributed by atoms with Gasteiger partial charge in [0.25, 0.3) is 0 Å². The number of nitrogens with two attached hydrogens (primary N) is 1. The van der Waals surface area contributed by atoms with Crippen molar-refractivity contribution >= 4 is 15.7 Å². The van der Waals surface area contributed by atoms with E-state index in [0.29, 0.717) is 5.56 Å². The van der Waals surface area contributed by atoms with Gasteiger partial charge in [-0.05, 0) is 24.3 Å². The Morgan fingerprint density at radius 1 is 1.40 bits per heavy atom. The van der Waals surface area contributed by atoms with Crippen LogP contribution in [0.25, 0.3) is 0 Å². The molecule has 2 rings (SSSR count). The average molecular weight is 291 g/mol. The molecule has 0 atom stereocenters. The number of hydrogen-bond acceptors (Lipinski definition) is 5. The number of anilines is 1. The highest BCUT2D eigenvalue weighted by atomic mass is 32.2. The number of nitrogens with zero attached hydrogens (tertiary/aromatic N) is 2. The van der Waals surface area contributed by atoms with Crippen molar-refractivity contribution in [2.24, 2.45) is 0 Å². The number of furan rings is 1. The molecule has 104 valence electrons. The Morgan fingerprint density at radius 2 is 2.15 bits per heavy atom. The van der Waals surface area contributed by atoms with Crippen LogP contribution in [0.3, 0.4) is 0 Å². The zero-order valence-corrected chi connectivity index (χ0v) is 11.6. The molecule has 6 nitrogen and oxygen atoms in total. The van der Waals surface area contributed by atoms with E-state index in [2.05, 4.69) is 0 Å². The summed E-state index contributed by atoms with van der Waals surface area (Å²) in [6, 6.07) is 7.71. The van der Waals surface area contributed by atoms with Crippen LogP contribution >= 0.6 is 0 Å². The highest BCUT2D eigenvalue weighted by Crippen LogP contribution is 2.23. The molecule has 20 heavy (non-hydrogen) atoms. The van der Waals surface area contributed by atoms with Crippen LogP contribution < -0.4 is 5.73 Å². The molecule has 7 heteroatoms. The fraction of sp³-hybridized carbons (Fsp3) is 0.154. The number of nitriles is 1. The summed E-state index contributed by atoms with van der Waals surface area (Å²) in [5.74, 6) is 0. The van der Waals surface area contributed by atoms with Gasteiger partial charge in [-0.15, -0.1) is 0 Å². The third-order valence-electron chi connectivity index (χ3n) is 2.81. The molecule has 0 amide bonds. The lowest BCUT2D eigenvalue weighted by Crippen LogP contribution is -2.27. The molecule has 0 aliphatic heterocycles. The first-order valence-electron chi connectivity index (χ1n) is 5.72. The lowest BCUT2D eigenvalue weighted by Gasteiger charge is -2.17. The third kappa shape index (κ3) is 2.66. The largest absolute Gasteiger partial charge is 0.472 e. The van der Waals surface area contributed by atoms with Crippen LogP contribution in [0.5, 0.6) is 0 Å². The van der Waals surface area contributed by atoms with E-state index in [1.807, 2.05) is 6.07 Å². The molecule has 0 spiro atoms. The van der Waals surface area contributed by atoms with Crippen molar-refractivity contribution in [3.8, 4) is 6.07 Å². The second kappa shape index (κ2) is 5.36. The zero-order valence-electron chi connectivity index (χ0n) is 10.8. The van der Waals surface area contributed by atoms with Gasteiger partial charge < -0.3 is 10.2 Å². The SMILES string of the molecule is CN(Cc1ccoc1)S(=O)(=O)c1ccc(C#N)cc1N. The van der Waals surface area contributed by atoms with Gasteiger partial charge in [0.1, 0.15) is 4.90 Å². The van der Waals surface area contributed by atoms with Gasteiger partial charge in [-0.2, -0.15) is 9.57 Å². The van der Waals surface area contributed by atoms with Crippen LogP contribution in [0.15, 0.2) is 46.1 Å². The molecule has 0 unspecified atom stereocenters. The summed E-state index contributed by atoms with van der Waals surface area (Å²) in [5, 5.41) is 8.76. The second-order valence-corrected chi connectivity index (χ2v) is 6.27. The van der Waals surface area contributed by atoms with Crippen molar-refractivity contribution < 1.29 is 12.8 Å². The maximum absolute atomic E-state index is 12.4. The molecule has 0 fully saturated rings. The molecule has 1 aromatic heterocycles. The molecule has 1 heterocycles. The predicted octanol–water partition coefficient (Wildman–Crippen LogP) is 1.55. The van der Waals surface area contributed by atoms with E-state index < -0.39 is 10.0 Å². The Morgan fingerprint density at radius 3 is 2.70 bits per heavy atom. The standard InChI is InChI=1S/C13H13N3O3S/c1-16(8-11-4-5-19-9-11)20(17,18)13-3-2-10(7-14)6-12(13)15/h2-6,9H,8,15H2,1H3. The van der Waals surface area contributed by atoms with Gasteiger partial charge in [-0.25, -0.2) is 8.42 Å². The first kappa shape index (κ1) is 14.1. The summed E-state index contributed by atoms with van der Waals surface area (Å²) in [4.78, 5) is -0.0116. The number of sulfonamides is 1. The Kier molecular flexibility index (Phi) is 3.79. The average Bonchev–Trinajstić information content (AvgIpc) is 2.91. The summed E-state index contributed by atoms with van der Waals surface area (Å²) in [7, 11) is -2.26. The summed E-state index contributed by atoms with van der Waals surface area (Å²) >= 11 is 0. The van der Waals surface area contributed by atoms with Gasteiger partial charge in [0, 0.05) is 19.2 Å². The Labute approximate surface area is 117 Å². The highest BCUT2D eigenvalue weighted by molar-refractivity contribution is 7.89. The Hall–Kier alpha value is -2.30.